The van der Waals surface area contributed by atoms with Gasteiger partial charge in [0.25, 0.3) is 0 Å². The fourth-order valence-electron chi connectivity index (χ4n) is 9.44. The van der Waals surface area contributed by atoms with Gasteiger partial charge in [-0.3, -0.25) is 13.8 Å². The maximum atomic E-state index is 13.0. The Labute approximate surface area is 489 Å². The molecule has 0 aliphatic rings. The van der Waals surface area contributed by atoms with Crippen LogP contribution in [0.25, 0.3) is 0 Å². The average Bonchev–Trinajstić information content (AvgIpc) is 3.42. The Bertz CT molecular complexity index is 1610. The van der Waals surface area contributed by atoms with E-state index in [4.69, 9.17) is 9.05 Å². The quantitative estimate of drug-likeness (QED) is 0.0243. The number of likely N-dealkylation sites (N-methyl/N-ethyl adjacent to an activating group) is 1. The molecule has 0 aromatic rings. The lowest BCUT2D eigenvalue weighted by Crippen LogP contribution is -2.45. The van der Waals surface area contributed by atoms with Crippen LogP contribution in [0, 0.1) is 0 Å². The van der Waals surface area contributed by atoms with Crippen molar-refractivity contribution in [3.63, 3.8) is 0 Å². The Morgan fingerprint density at radius 2 is 0.759 bits per heavy atom. The number of carbonyl (C=O) groups is 1. The van der Waals surface area contributed by atoms with Crippen molar-refractivity contribution in [1.82, 2.24) is 5.32 Å². The van der Waals surface area contributed by atoms with Gasteiger partial charge < -0.3 is 19.8 Å². The monoisotopic (exact) mass is 1120 g/mol. The van der Waals surface area contributed by atoms with Gasteiger partial charge in [-0.2, -0.15) is 0 Å². The van der Waals surface area contributed by atoms with E-state index in [2.05, 4.69) is 104 Å². The van der Waals surface area contributed by atoms with Gasteiger partial charge in [0, 0.05) is 6.42 Å². The number of hydrogen-bond donors (Lipinski definition) is 3. The molecule has 458 valence electrons. The fraction of sp³-hybridized carbons (Fsp3) is 0.757. The third kappa shape index (κ3) is 62.9. The van der Waals surface area contributed by atoms with Crippen LogP contribution in [0.4, 0.5) is 0 Å². The molecule has 1 amide bonds. The van der Waals surface area contributed by atoms with E-state index in [1.165, 1.54) is 167 Å². The molecular formula is C70H128N2O6P+. The molecule has 0 bridgehead atoms. The summed E-state index contributed by atoms with van der Waals surface area (Å²) in [7, 11) is 1.55. The highest BCUT2D eigenvalue weighted by molar-refractivity contribution is 7.47. The summed E-state index contributed by atoms with van der Waals surface area (Å²) in [5, 5.41) is 14.0. The van der Waals surface area contributed by atoms with Crippen molar-refractivity contribution in [3.05, 3.63) is 97.2 Å². The molecule has 0 saturated heterocycles. The lowest BCUT2D eigenvalue weighted by molar-refractivity contribution is -0.870. The Morgan fingerprint density at radius 1 is 0.443 bits per heavy atom. The summed E-state index contributed by atoms with van der Waals surface area (Å²) < 4.78 is 23.8. The van der Waals surface area contributed by atoms with Crippen molar-refractivity contribution in [2.75, 3.05) is 40.9 Å². The van der Waals surface area contributed by atoms with Gasteiger partial charge in [0.2, 0.25) is 5.91 Å². The summed E-state index contributed by atoms with van der Waals surface area (Å²) >= 11 is 0. The maximum Gasteiger partial charge on any atom is 0.472 e. The van der Waals surface area contributed by atoms with Gasteiger partial charge in [0.05, 0.1) is 39.9 Å². The Kier molecular flexibility index (Phi) is 58.1. The summed E-state index contributed by atoms with van der Waals surface area (Å²) in [6.45, 7) is 4.71. The number of rotatable bonds is 60. The van der Waals surface area contributed by atoms with Crippen LogP contribution in [0.15, 0.2) is 97.2 Å². The minimum absolute atomic E-state index is 0.0526. The zero-order valence-electron chi connectivity index (χ0n) is 52.3. The Balaban J connectivity index is 4.19. The van der Waals surface area contributed by atoms with Gasteiger partial charge in [0.1, 0.15) is 13.2 Å². The van der Waals surface area contributed by atoms with Gasteiger partial charge in [-0.1, -0.05) is 304 Å². The van der Waals surface area contributed by atoms with E-state index in [1.54, 1.807) is 6.08 Å². The number of nitrogens with zero attached hydrogens (tertiary/aromatic N) is 1. The summed E-state index contributed by atoms with van der Waals surface area (Å²) in [6, 6.07) is -0.866. The fourth-order valence-corrected chi connectivity index (χ4v) is 10.2. The lowest BCUT2D eigenvalue weighted by atomic mass is 10.0. The van der Waals surface area contributed by atoms with Crippen LogP contribution in [-0.2, 0) is 18.4 Å². The van der Waals surface area contributed by atoms with Crippen LogP contribution in [-0.4, -0.2) is 73.4 Å². The molecule has 0 aromatic heterocycles. The third-order valence-electron chi connectivity index (χ3n) is 14.6. The first-order valence-electron chi connectivity index (χ1n) is 33.1. The van der Waals surface area contributed by atoms with E-state index < -0.39 is 20.0 Å². The zero-order chi connectivity index (χ0) is 57.7. The number of amides is 1. The van der Waals surface area contributed by atoms with Crippen LogP contribution in [0.5, 0.6) is 0 Å². The van der Waals surface area contributed by atoms with Gasteiger partial charge >= 0.3 is 7.82 Å². The molecule has 0 fully saturated rings. The zero-order valence-corrected chi connectivity index (χ0v) is 53.2. The Hall–Kier alpha value is -2.58. The molecule has 0 aliphatic heterocycles. The smallest absolute Gasteiger partial charge is 0.387 e. The van der Waals surface area contributed by atoms with Crippen molar-refractivity contribution < 1.29 is 32.9 Å². The second kappa shape index (κ2) is 60.0. The number of allylic oxidation sites excluding steroid dienone is 15. The summed E-state index contributed by atoms with van der Waals surface area (Å²) in [5.74, 6) is -0.196. The molecule has 8 nitrogen and oxygen atoms in total. The van der Waals surface area contributed by atoms with Gasteiger partial charge in [-0.15, -0.1) is 0 Å². The number of quaternary nitrogens is 1. The lowest BCUT2D eigenvalue weighted by Gasteiger charge is -2.25. The molecule has 0 aromatic carbocycles. The number of aliphatic hydroxyl groups is 1. The second-order valence-corrected chi connectivity index (χ2v) is 24.9. The van der Waals surface area contributed by atoms with Gasteiger partial charge in [-0.05, 0) is 77.0 Å². The normalized spacial score (nSPS) is 14.4. The summed E-state index contributed by atoms with van der Waals surface area (Å²) in [4.78, 5) is 23.4. The summed E-state index contributed by atoms with van der Waals surface area (Å²) in [5.41, 5.74) is 0. The number of nitrogens with one attached hydrogen (secondary N) is 1. The standard InChI is InChI=1S/C70H127N2O6P/c1-6-8-10-12-14-16-18-20-22-24-26-28-30-32-34-35-36-38-39-41-43-45-47-49-51-53-55-57-59-61-63-69(73)68(67-78-79(75,76)77-66-65-72(3,4)5)71-70(74)64-62-60-58-56-54-52-50-48-46-44-42-40-37-33-31-29-27-25-23-21-19-17-15-13-11-9-7-2/h9,11,15,17,21,23,27,29,33,37,42,44,48,50,61,63,68-69,73H,6-8,10,12-14,16,18-20,22,24-26,28,30-32,34-36,38-41,43,45-47,49,51-60,62,64-67H2,1-5H3,(H-,71,74,75,76)/p+1/b11-9-,17-15-,23-21-,29-27-,37-33-,44-42-,50-48-,63-61+. The molecule has 0 heterocycles. The number of hydrogen-bond acceptors (Lipinski definition) is 5. The second-order valence-electron chi connectivity index (χ2n) is 23.5. The van der Waals surface area contributed by atoms with Crippen LogP contribution >= 0.6 is 7.82 Å². The molecule has 0 radical (unpaired) electrons. The molecule has 3 N–H and O–H groups in total. The van der Waals surface area contributed by atoms with Crippen molar-refractivity contribution in [3.8, 4) is 0 Å². The van der Waals surface area contributed by atoms with Crippen molar-refractivity contribution in [2.24, 2.45) is 0 Å². The molecule has 3 unspecified atom stereocenters. The van der Waals surface area contributed by atoms with Gasteiger partial charge in [-0.25, -0.2) is 4.57 Å². The number of unbranched alkanes of at least 4 members (excludes halogenated alkanes) is 33. The van der Waals surface area contributed by atoms with Crippen LogP contribution in [0.2, 0.25) is 0 Å². The van der Waals surface area contributed by atoms with Gasteiger partial charge in [0.15, 0.2) is 0 Å². The van der Waals surface area contributed by atoms with Crippen LogP contribution in [0.3, 0.4) is 0 Å². The summed E-state index contributed by atoms with van der Waals surface area (Å²) in [6.07, 6.45) is 86.8. The molecule has 0 spiro atoms. The number of phosphoric acid groups is 1. The minimum Gasteiger partial charge on any atom is -0.387 e. The molecule has 9 heteroatoms. The highest BCUT2D eigenvalue weighted by Crippen LogP contribution is 2.43. The van der Waals surface area contributed by atoms with Crippen molar-refractivity contribution in [2.45, 2.75) is 302 Å². The van der Waals surface area contributed by atoms with E-state index in [-0.39, 0.29) is 19.1 Å². The van der Waals surface area contributed by atoms with E-state index >= 15 is 0 Å². The minimum atomic E-state index is -4.37. The molecule has 0 saturated carbocycles. The van der Waals surface area contributed by atoms with E-state index in [1.807, 2.05) is 27.2 Å². The number of carbonyl (C=O) groups excluding carboxylic acids is 1. The largest absolute Gasteiger partial charge is 0.472 e. The SMILES string of the molecule is CC/C=C\C/C=C\C/C=C\C/C=C\C/C=C\C/C=C\C/C=C\CCCCCCCC(=O)NC(COP(=O)(O)OCC[N+](C)(C)C)C(O)/C=C/CCCCCCCCCCCCCCCCCCCCCCCCCCCCCC. The first-order chi connectivity index (χ1) is 38.5. The molecule has 79 heavy (non-hydrogen) atoms. The molecule has 0 aliphatic carbocycles. The maximum absolute atomic E-state index is 13.0. The topological polar surface area (TPSA) is 105 Å². The molecule has 0 rings (SSSR count). The Morgan fingerprint density at radius 3 is 1.11 bits per heavy atom. The number of phosphoric ester groups is 1. The first kappa shape index (κ1) is 76.4. The van der Waals surface area contributed by atoms with E-state index in [9.17, 15) is 19.4 Å². The van der Waals surface area contributed by atoms with Crippen LogP contribution in [0.1, 0.15) is 290 Å². The van der Waals surface area contributed by atoms with Crippen LogP contribution < -0.4 is 5.32 Å². The first-order valence-corrected chi connectivity index (χ1v) is 34.6. The molecule has 3 atom stereocenters. The average molecular weight is 1120 g/mol. The molecular weight excluding hydrogens is 996 g/mol. The highest BCUT2D eigenvalue weighted by atomic mass is 31.2. The number of aliphatic hydroxyl groups excluding tert-OH is 1. The van der Waals surface area contributed by atoms with E-state index in [0.29, 0.717) is 17.4 Å². The predicted octanol–water partition coefficient (Wildman–Crippen LogP) is 20.9. The van der Waals surface area contributed by atoms with E-state index in [0.717, 1.165) is 103 Å². The predicted molar refractivity (Wildman–Crippen MR) is 346 cm³/mol. The van der Waals surface area contributed by atoms with Crippen molar-refractivity contribution >= 4 is 13.7 Å². The third-order valence-corrected chi connectivity index (χ3v) is 15.5. The van der Waals surface area contributed by atoms with Crippen molar-refractivity contribution in [1.29, 1.82) is 0 Å². The highest BCUT2D eigenvalue weighted by Gasteiger charge is 2.28.